The van der Waals surface area contributed by atoms with E-state index >= 15 is 0 Å². The summed E-state index contributed by atoms with van der Waals surface area (Å²) in [5.41, 5.74) is 2.65. The van der Waals surface area contributed by atoms with Gasteiger partial charge in [-0.05, 0) is 66.9 Å². The second-order valence-electron chi connectivity index (χ2n) is 8.91. The number of nitrogens with zero attached hydrogens (tertiary/aromatic N) is 2. The fourth-order valence-corrected chi connectivity index (χ4v) is 5.24. The van der Waals surface area contributed by atoms with Crippen molar-refractivity contribution in [1.29, 1.82) is 0 Å². The van der Waals surface area contributed by atoms with Gasteiger partial charge in [-0.15, -0.1) is 11.3 Å². The Kier molecular flexibility index (Phi) is 7.07. The SMILES string of the molecule is O=C(O)c1cc(F)ccc1COc1ccc(-c2csc(CN3CCCc4ccc(C(F)(F)F)cc43)n2)cc1. The quantitative estimate of drug-likeness (QED) is 0.250. The number of benzene rings is 3. The molecule has 0 saturated carbocycles. The zero-order valence-corrected chi connectivity index (χ0v) is 20.8. The fourth-order valence-electron chi connectivity index (χ4n) is 4.43. The van der Waals surface area contributed by atoms with Gasteiger partial charge in [0, 0.05) is 28.7 Å². The van der Waals surface area contributed by atoms with Crippen molar-refractivity contribution in [1.82, 2.24) is 4.98 Å². The molecule has 5 nitrogen and oxygen atoms in total. The molecule has 4 aromatic rings. The van der Waals surface area contributed by atoms with Gasteiger partial charge in [-0.2, -0.15) is 13.2 Å². The highest BCUT2D eigenvalue weighted by atomic mass is 32.1. The Morgan fingerprint density at radius 1 is 1.08 bits per heavy atom. The van der Waals surface area contributed by atoms with E-state index in [9.17, 15) is 27.5 Å². The Bertz CT molecular complexity index is 1470. The molecule has 1 aromatic heterocycles. The van der Waals surface area contributed by atoms with Crippen LogP contribution in [0.4, 0.5) is 23.2 Å². The topological polar surface area (TPSA) is 62.7 Å². The smallest absolute Gasteiger partial charge is 0.416 e. The number of anilines is 1. The average molecular weight is 543 g/mol. The Labute approximate surface area is 220 Å². The summed E-state index contributed by atoms with van der Waals surface area (Å²) in [5, 5.41) is 12.0. The first-order valence-electron chi connectivity index (χ1n) is 11.8. The summed E-state index contributed by atoms with van der Waals surface area (Å²) in [6.45, 7) is 1.05. The Morgan fingerprint density at radius 3 is 2.61 bits per heavy atom. The van der Waals surface area contributed by atoms with Crippen LogP contribution in [-0.4, -0.2) is 22.6 Å². The van der Waals surface area contributed by atoms with Crippen LogP contribution < -0.4 is 9.64 Å². The molecule has 0 unspecified atom stereocenters. The monoisotopic (exact) mass is 542 g/mol. The maximum Gasteiger partial charge on any atom is 0.416 e. The zero-order valence-electron chi connectivity index (χ0n) is 20.0. The number of hydrogen-bond donors (Lipinski definition) is 1. The number of halogens is 4. The van der Waals surface area contributed by atoms with Gasteiger partial charge in [-0.3, -0.25) is 0 Å². The van der Waals surface area contributed by atoms with Crippen molar-refractivity contribution in [2.75, 3.05) is 11.4 Å². The van der Waals surface area contributed by atoms with Crippen molar-refractivity contribution in [2.24, 2.45) is 0 Å². The molecule has 0 atom stereocenters. The van der Waals surface area contributed by atoms with Crippen LogP contribution in [-0.2, 0) is 25.7 Å². The molecule has 0 spiro atoms. The van der Waals surface area contributed by atoms with Crippen molar-refractivity contribution in [2.45, 2.75) is 32.2 Å². The van der Waals surface area contributed by atoms with Gasteiger partial charge in [0.05, 0.1) is 23.4 Å². The Balaban J connectivity index is 1.26. The summed E-state index contributed by atoms with van der Waals surface area (Å²) in [6.07, 6.45) is -2.77. The van der Waals surface area contributed by atoms with Crippen LogP contribution in [0, 0.1) is 5.82 Å². The number of hydrogen-bond acceptors (Lipinski definition) is 5. The predicted octanol–water partition coefficient (Wildman–Crippen LogP) is 7.20. The number of ether oxygens (including phenoxy) is 1. The number of aryl methyl sites for hydroxylation is 1. The number of alkyl halides is 3. The first kappa shape index (κ1) is 25.7. The zero-order chi connectivity index (χ0) is 26.9. The molecule has 1 aliphatic heterocycles. The third-order valence-electron chi connectivity index (χ3n) is 6.35. The van der Waals surface area contributed by atoms with Crippen LogP contribution in [0.1, 0.15) is 38.5 Å². The summed E-state index contributed by atoms with van der Waals surface area (Å²) in [7, 11) is 0. The first-order valence-corrected chi connectivity index (χ1v) is 12.7. The fraction of sp³-hybridized carbons (Fsp3) is 0.214. The van der Waals surface area contributed by atoms with E-state index in [1.165, 1.54) is 29.5 Å². The molecule has 3 aromatic carbocycles. The van der Waals surface area contributed by atoms with E-state index in [0.717, 1.165) is 46.8 Å². The second-order valence-corrected chi connectivity index (χ2v) is 9.86. The standard InChI is InChI=1S/C28H22F4N2O3S/c29-21-8-4-19(23(13-21)27(35)36)15-37-22-9-5-17(6-10-22)24-16-38-26(33-24)14-34-11-1-2-18-3-7-20(12-25(18)34)28(30,31)32/h3-10,12-13,16H,1-2,11,14-15H2,(H,35,36). The lowest BCUT2D eigenvalue weighted by Gasteiger charge is -2.31. The molecule has 1 aliphatic rings. The van der Waals surface area contributed by atoms with Gasteiger partial charge < -0.3 is 14.7 Å². The molecule has 0 aliphatic carbocycles. The van der Waals surface area contributed by atoms with E-state index in [1.54, 1.807) is 18.2 Å². The van der Waals surface area contributed by atoms with E-state index in [-0.39, 0.29) is 12.2 Å². The molecule has 0 bridgehead atoms. The predicted molar refractivity (Wildman–Crippen MR) is 136 cm³/mol. The van der Waals surface area contributed by atoms with Crippen LogP contribution in [0.5, 0.6) is 5.75 Å². The van der Waals surface area contributed by atoms with Crippen LogP contribution in [0.15, 0.2) is 66.0 Å². The third-order valence-corrected chi connectivity index (χ3v) is 7.19. The van der Waals surface area contributed by atoms with Gasteiger partial charge in [-0.25, -0.2) is 14.2 Å². The number of aromatic carboxylic acids is 1. The molecule has 0 radical (unpaired) electrons. The third kappa shape index (κ3) is 5.65. The Morgan fingerprint density at radius 2 is 1.87 bits per heavy atom. The molecular weight excluding hydrogens is 520 g/mol. The lowest BCUT2D eigenvalue weighted by molar-refractivity contribution is -0.137. The molecule has 196 valence electrons. The normalized spacial score (nSPS) is 13.3. The van der Waals surface area contributed by atoms with Crippen molar-refractivity contribution < 1.29 is 32.2 Å². The maximum atomic E-state index is 13.4. The largest absolute Gasteiger partial charge is 0.489 e. The molecule has 1 N–H and O–H groups in total. The molecule has 0 saturated heterocycles. The van der Waals surface area contributed by atoms with E-state index in [2.05, 4.69) is 0 Å². The summed E-state index contributed by atoms with van der Waals surface area (Å²) in [6, 6.07) is 14.6. The summed E-state index contributed by atoms with van der Waals surface area (Å²) >= 11 is 1.45. The molecule has 0 amide bonds. The number of thiazole rings is 1. The molecule has 2 heterocycles. The Hall–Kier alpha value is -3.92. The lowest BCUT2D eigenvalue weighted by Crippen LogP contribution is -2.29. The van der Waals surface area contributed by atoms with E-state index in [0.29, 0.717) is 30.1 Å². The van der Waals surface area contributed by atoms with Crippen molar-refractivity contribution in [3.8, 4) is 17.0 Å². The molecule has 5 rings (SSSR count). The van der Waals surface area contributed by atoms with Crippen LogP contribution >= 0.6 is 11.3 Å². The van der Waals surface area contributed by atoms with Crippen molar-refractivity contribution in [3.05, 3.63) is 99.1 Å². The van der Waals surface area contributed by atoms with E-state index < -0.39 is 23.5 Å². The lowest BCUT2D eigenvalue weighted by atomic mass is 9.99. The molecular formula is C28H22F4N2O3S. The minimum absolute atomic E-state index is 0.0323. The molecule has 38 heavy (non-hydrogen) atoms. The van der Waals surface area contributed by atoms with Gasteiger partial charge >= 0.3 is 12.1 Å². The highest BCUT2D eigenvalue weighted by Gasteiger charge is 2.32. The number of fused-ring (bicyclic) bond motifs is 1. The van der Waals surface area contributed by atoms with Gasteiger partial charge in [0.2, 0.25) is 0 Å². The number of aromatic nitrogens is 1. The first-order chi connectivity index (χ1) is 18.2. The minimum Gasteiger partial charge on any atom is -0.489 e. The number of carboxylic acid groups (broad SMARTS) is 1. The second kappa shape index (κ2) is 10.4. The van der Waals surface area contributed by atoms with Crippen LogP contribution in [0.25, 0.3) is 11.3 Å². The number of carboxylic acids is 1. The van der Waals surface area contributed by atoms with Crippen LogP contribution in [0.3, 0.4) is 0 Å². The van der Waals surface area contributed by atoms with Gasteiger partial charge in [0.25, 0.3) is 0 Å². The van der Waals surface area contributed by atoms with E-state index in [4.69, 9.17) is 9.72 Å². The van der Waals surface area contributed by atoms with Gasteiger partial charge in [-0.1, -0.05) is 12.1 Å². The number of rotatable bonds is 7. The average Bonchev–Trinajstić information content (AvgIpc) is 3.36. The summed E-state index contributed by atoms with van der Waals surface area (Å²) in [5.74, 6) is -1.35. The highest BCUT2D eigenvalue weighted by molar-refractivity contribution is 7.10. The summed E-state index contributed by atoms with van der Waals surface area (Å²) < 4.78 is 58.8. The molecule has 0 fully saturated rings. The number of carbonyl (C=O) groups is 1. The van der Waals surface area contributed by atoms with Crippen molar-refractivity contribution in [3.63, 3.8) is 0 Å². The molecule has 10 heteroatoms. The van der Waals surface area contributed by atoms with Gasteiger partial charge in [0.15, 0.2) is 0 Å². The van der Waals surface area contributed by atoms with Gasteiger partial charge in [0.1, 0.15) is 23.2 Å². The maximum absolute atomic E-state index is 13.4. The summed E-state index contributed by atoms with van der Waals surface area (Å²) in [4.78, 5) is 18.0. The van der Waals surface area contributed by atoms with Crippen LogP contribution in [0.2, 0.25) is 0 Å². The highest BCUT2D eigenvalue weighted by Crippen LogP contribution is 2.36. The minimum atomic E-state index is -4.39. The van der Waals surface area contributed by atoms with Crippen molar-refractivity contribution >= 4 is 23.0 Å². The van der Waals surface area contributed by atoms with E-state index in [1.807, 2.05) is 22.4 Å².